The van der Waals surface area contributed by atoms with Crippen molar-refractivity contribution < 1.29 is 9.47 Å². The van der Waals surface area contributed by atoms with E-state index in [9.17, 15) is 0 Å². The molecule has 0 aliphatic carbocycles. The van der Waals surface area contributed by atoms with Crippen molar-refractivity contribution in [2.75, 3.05) is 12.5 Å². The van der Waals surface area contributed by atoms with Gasteiger partial charge in [-0.1, -0.05) is 53.0 Å². The second-order valence-corrected chi connectivity index (χ2v) is 6.92. The molecule has 1 N–H and O–H groups in total. The standard InChI is InChI=1S/C22H20Cl2N2O2/c1-15-9-11-17(12-10-15)26-25-13-16-5-3-8-21(27-2)22(16)28-14-18-19(23)6-4-7-20(18)24/h3-13,26H,14H2,1-2H3. The third-order valence-electron chi connectivity index (χ3n) is 4.10. The van der Waals surface area contributed by atoms with Crippen LogP contribution in [0.5, 0.6) is 11.5 Å². The van der Waals surface area contributed by atoms with Crippen LogP contribution in [-0.2, 0) is 6.61 Å². The van der Waals surface area contributed by atoms with Gasteiger partial charge >= 0.3 is 0 Å². The Morgan fingerprint density at radius 2 is 1.64 bits per heavy atom. The molecule has 0 unspecified atom stereocenters. The van der Waals surface area contributed by atoms with Crippen LogP contribution in [0.15, 0.2) is 65.8 Å². The molecule has 0 amide bonds. The zero-order chi connectivity index (χ0) is 19.9. The molecule has 0 aliphatic heterocycles. The first kappa shape index (κ1) is 20.1. The highest BCUT2D eigenvalue weighted by molar-refractivity contribution is 6.35. The molecule has 28 heavy (non-hydrogen) atoms. The van der Waals surface area contributed by atoms with Gasteiger partial charge in [0.1, 0.15) is 6.61 Å². The van der Waals surface area contributed by atoms with Gasteiger partial charge in [-0.3, -0.25) is 5.43 Å². The van der Waals surface area contributed by atoms with Crippen LogP contribution in [0.3, 0.4) is 0 Å². The molecule has 0 aromatic heterocycles. The molecule has 0 radical (unpaired) electrons. The highest BCUT2D eigenvalue weighted by atomic mass is 35.5. The molecule has 3 aromatic rings. The lowest BCUT2D eigenvalue weighted by atomic mass is 10.2. The van der Waals surface area contributed by atoms with E-state index in [1.165, 1.54) is 5.56 Å². The van der Waals surface area contributed by atoms with E-state index in [2.05, 4.69) is 10.5 Å². The molecule has 0 saturated heterocycles. The fourth-order valence-corrected chi connectivity index (χ4v) is 3.08. The summed E-state index contributed by atoms with van der Waals surface area (Å²) in [6.07, 6.45) is 1.69. The number of nitrogens with one attached hydrogen (secondary N) is 1. The van der Waals surface area contributed by atoms with Crippen LogP contribution in [0.25, 0.3) is 0 Å². The number of nitrogens with zero attached hydrogens (tertiary/aromatic N) is 1. The summed E-state index contributed by atoms with van der Waals surface area (Å²) < 4.78 is 11.5. The van der Waals surface area contributed by atoms with Gasteiger partial charge < -0.3 is 9.47 Å². The van der Waals surface area contributed by atoms with Gasteiger partial charge in [0, 0.05) is 21.2 Å². The first-order chi connectivity index (χ1) is 13.6. The predicted octanol–water partition coefficient (Wildman–Crippen LogP) is 6.34. The highest BCUT2D eigenvalue weighted by Gasteiger charge is 2.12. The van der Waals surface area contributed by atoms with Gasteiger partial charge in [0.15, 0.2) is 11.5 Å². The molecule has 0 bridgehead atoms. The maximum Gasteiger partial charge on any atom is 0.170 e. The summed E-state index contributed by atoms with van der Waals surface area (Å²) in [6, 6.07) is 18.9. The maximum absolute atomic E-state index is 6.24. The van der Waals surface area contributed by atoms with E-state index in [1.54, 1.807) is 31.5 Å². The molecule has 0 saturated carbocycles. The molecular formula is C22H20Cl2N2O2. The lowest BCUT2D eigenvalue weighted by molar-refractivity contribution is 0.284. The lowest BCUT2D eigenvalue weighted by Crippen LogP contribution is -2.02. The highest BCUT2D eigenvalue weighted by Crippen LogP contribution is 2.33. The summed E-state index contributed by atoms with van der Waals surface area (Å²) in [5.74, 6) is 1.16. The van der Waals surface area contributed by atoms with Crippen molar-refractivity contribution in [2.45, 2.75) is 13.5 Å². The Kier molecular flexibility index (Phi) is 6.80. The summed E-state index contributed by atoms with van der Waals surface area (Å²) in [5.41, 5.74) is 6.58. The zero-order valence-corrected chi connectivity index (χ0v) is 17.1. The minimum absolute atomic E-state index is 0.213. The molecule has 0 aliphatic rings. The van der Waals surface area contributed by atoms with Crippen LogP contribution < -0.4 is 14.9 Å². The molecule has 0 fully saturated rings. The van der Waals surface area contributed by atoms with Crippen LogP contribution in [-0.4, -0.2) is 13.3 Å². The summed E-state index contributed by atoms with van der Waals surface area (Å²) in [4.78, 5) is 0. The minimum Gasteiger partial charge on any atom is -0.493 e. The molecule has 0 spiro atoms. The van der Waals surface area contributed by atoms with Crippen LogP contribution in [0, 0.1) is 6.92 Å². The Balaban J connectivity index is 1.80. The van der Waals surface area contributed by atoms with Crippen LogP contribution in [0.4, 0.5) is 5.69 Å². The van der Waals surface area contributed by atoms with Gasteiger partial charge in [-0.25, -0.2) is 0 Å². The smallest absolute Gasteiger partial charge is 0.170 e. The third-order valence-corrected chi connectivity index (χ3v) is 4.81. The topological polar surface area (TPSA) is 42.8 Å². The Morgan fingerprint density at radius 3 is 2.32 bits per heavy atom. The number of halogens is 2. The van der Waals surface area contributed by atoms with Gasteiger partial charge in [-0.2, -0.15) is 5.10 Å². The van der Waals surface area contributed by atoms with Crippen molar-refractivity contribution >= 4 is 35.1 Å². The van der Waals surface area contributed by atoms with Crippen molar-refractivity contribution in [1.29, 1.82) is 0 Å². The van der Waals surface area contributed by atoms with Gasteiger partial charge in [-0.05, 0) is 43.3 Å². The molecule has 144 valence electrons. The Bertz CT molecular complexity index is 953. The van der Waals surface area contributed by atoms with Crippen molar-refractivity contribution in [3.63, 3.8) is 0 Å². The molecule has 4 nitrogen and oxygen atoms in total. The lowest BCUT2D eigenvalue weighted by Gasteiger charge is -2.14. The fraction of sp³-hybridized carbons (Fsp3) is 0.136. The van der Waals surface area contributed by atoms with Crippen molar-refractivity contribution in [3.8, 4) is 11.5 Å². The van der Waals surface area contributed by atoms with E-state index in [0.717, 1.165) is 16.8 Å². The Morgan fingerprint density at radius 1 is 0.964 bits per heavy atom. The van der Waals surface area contributed by atoms with Crippen molar-refractivity contribution in [3.05, 3.63) is 87.4 Å². The molecule has 6 heteroatoms. The number of aryl methyl sites for hydroxylation is 1. The quantitative estimate of drug-likeness (QED) is 0.362. The number of benzene rings is 3. The summed E-state index contributed by atoms with van der Waals surface area (Å²) in [5, 5.41) is 5.41. The average molecular weight is 415 g/mol. The van der Waals surface area contributed by atoms with Crippen LogP contribution in [0.1, 0.15) is 16.7 Å². The van der Waals surface area contributed by atoms with Gasteiger partial charge in [0.05, 0.1) is 19.0 Å². The fourth-order valence-electron chi connectivity index (χ4n) is 2.57. The minimum atomic E-state index is 0.213. The largest absolute Gasteiger partial charge is 0.493 e. The SMILES string of the molecule is COc1cccc(C=NNc2ccc(C)cc2)c1OCc1c(Cl)cccc1Cl. The number of ether oxygens (including phenoxy) is 2. The summed E-state index contributed by atoms with van der Waals surface area (Å²) >= 11 is 12.5. The number of methoxy groups -OCH3 is 1. The zero-order valence-electron chi connectivity index (χ0n) is 15.6. The van der Waals surface area contributed by atoms with Crippen LogP contribution in [0.2, 0.25) is 10.0 Å². The Hall–Kier alpha value is -2.69. The summed E-state index contributed by atoms with van der Waals surface area (Å²) in [7, 11) is 1.59. The number of rotatable bonds is 7. The predicted molar refractivity (Wildman–Crippen MR) is 116 cm³/mol. The van der Waals surface area contributed by atoms with Crippen LogP contribution >= 0.6 is 23.2 Å². The van der Waals surface area contributed by atoms with E-state index in [4.69, 9.17) is 32.7 Å². The van der Waals surface area contributed by atoms with Gasteiger partial charge in [-0.15, -0.1) is 0 Å². The first-order valence-electron chi connectivity index (χ1n) is 8.67. The van der Waals surface area contributed by atoms with E-state index in [0.29, 0.717) is 21.5 Å². The number of para-hydroxylation sites is 1. The van der Waals surface area contributed by atoms with Crippen molar-refractivity contribution in [1.82, 2.24) is 0 Å². The molecular weight excluding hydrogens is 395 g/mol. The van der Waals surface area contributed by atoms with E-state index < -0.39 is 0 Å². The number of hydrogen-bond donors (Lipinski definition) is 1. The Labute approximate surface area is 174 Å². The maximum atomic E-state index is 6.24. The molecule has 3 aromatic carbocycles. The van der Waals surface area contributed by atoms with E-state index in [-0.39, 0.29) is 6.61 Å². The third kappa shape index (κ3) is 4.97. The molecule has 0 atom stereocenters. The summed E-state index contributed by atoms with van der Waals surface area (Å²) in [6.45, 7) is 2.25. The number of anilines is 1. The average Bonchev–Trinajstić information content (AvgIpc) is 2.69. The van der Waals surface area contributed by atoms with Gasteiger partial charge in [0.25, 0.3) is 0 Å². The second-order valence-electron chi connectivity index (χ2n) is 6.10. The monoisotopic (exact) mass is 414 g/mol. The number of hydrogen-bond acceptors (Lipinski definition) is 4. The number of hydrazone groups is 1. The van der Waals surface area contributed by atoms with E-state index >= 15 is 0 Å². The van der Waals surface area contributed by atoms with E-state index in [1.807, 2.05) is 49.4 Å². The second kappa shape index (κ2) is 9.49. The normalized spacial score (nSPS) is 10.9. The molecule has 0 heterocycles. The first-order valence-corrected chi connectivity index (χ1v) is 9.42. The molecule has 3 rings (SSSR count). The van der Waals surface area contributed by atoms with Gasteiger partial charge in [0.2, 0.25) is 0 Å². The van der Waals surface area contributed by atoms with Crippen molar-refractivity contribution in [2.24, 2.45) is 5.10 Å².